The first-order chi connectivity index (χ1) is 12.6. The van der Waals surface area contributed by atoms with Crippen molar-refractivity contribution in [1.29, 1.82) is 0 Å². The number of halogens is 1. The molecule has 2 heterocycles. The summed E-state index contributed by atoms with van der Waals surface area (Å²) < 4.78 is 18.9. The van der Waals surface area contributed by atoms with Gasteiger partial charge in [-0.05, 0) is 57.6 Å². The number of carbonyl (C=O) groups excluding carboxylic acids is 1. The number of rotatable bonds is 5. The van der Waals surface area contributed by atoms with Crippen LogP contribution in [0, 0.1) is 5.82 Å². The van der Waals surface area contributed by atoms with Crippen molar-refractivity contribution >= 4 is 5.91 Å². The molecule has 0 unspecified atom stereocenters. The number of nitrogens with zero attached hydrogens (tertiary/aromatic N) is 3. The van der Waals surface area contributed by atoms with E-state index < -0.39 is 0 Å². The molecule has 6 heteroatoms. The fourth-order valence-electron chi connectivity index (χ4n) is 4.05. The van der Waals surface area contributed by atoms with Crippen LogP contribution in [-0.2, 0) is 9.53 Å². The molecular weight excluding hydrogens is 333 g/mol. The van der Waals surface area contributed by atoms with Crippen molar-refractivity contribution in [2.24, 2.45) is 0 Å². The summed E-state index contributed by atoms with van der Waals surface area (Å²) in [7, 11) is 2.13. The van der Waals surface area contributed by atoms with E-state index >= 15 is 0 Å². The number of hydrogen-bond acceptors (Lipinski definition) is 4. The van der Waals surface area contributed by atoms with Crippen LogP contribution in [0.2, 0.25) is 0 Å². The van der Waals surface area contributed by atoms with E-state index in [1.165, 1.54) is 12.1 Å². The van der Waals surface area contributed by atoms with Crippen LogP contribution < -0.4 is 0 Å². The Bertz CT molecular complexity index is 581. The highest BCUT2D eigenvalue weighted by Gasteiger charge is 2.35. The van der Waals surface area contributed by atoms with Crippen LogP contribution in [0.25, 0.3) is 0 Å². The normalized spacial score (nSPS) is 21.5. The second-order valence-corrected chi connectivity index (χ2v) is 7.26. The molecular formula is C20H30FN3O2. The Hall–Kier alpha value is -1.50. The van der Waals surface area contributed by atoms with E-state index in [2.05, 4.69) is 23.8 Å². The van der Waals surface area contributed by atoms with Crippen molar-refractivity contribution in [3.8, 4) is 0 Å². The van der Waals surface area contributed by atoms with E-state index in [1.54, 1.807) is 12.1 Å². The zero-order chi connectivity index (χ0) is 18.5. The van der Waals surface area contributed by atoms with E-state index in [0.717, 1.165) is 44.6 Å². The van der Waals surface area contributed by atoms with Gasteiger partial charge in [0.2, 0.25) is 5.91 Å². The lowest BCUT2D eigenvalue weighted by Gasteiger charge is -2.41. The fourth-order valence-corrected chi connectivity index (χ4v) is 4.05. The van der Waals surface area contributed by atoms with E-state index in [0.29, 0.717) is 19.8 Å². The first-order valence-corrected chi connectivity index (χ1v) is 9.66. The van der Waals surface area contributed by atoms with Crippen molar-refractivity contribution in [2.45, 2.75) is 31.8 Å². The highest BCUT2D eigenvalue weighted by atomic mass is 19.1. The van der Waals surface area contributed by atoms with E-state index in [-0.39, 0.29) is 23.8 Å². The lowest BCUT2D eigenvalue weighted by Crippen LogP contribution is -2.52. The molecule has 1 aromatic carbocycles. The molecule has 1 amide bonds. The molecule has 2 fully saturated rings. The number of benzene rings is 1. The minimum absolute atomic E-state index is 0.135. The van der Waals surface area contributed by atoms with Gasteiger partial charge in [-0.1, -0.05) is 12.1 Å². The maximum atomic E-state index is 13.6. The third-order valence-corrected chi connectivity index (χ3v) is 5.58. The van der Waals surface area contributed by atoms with Crippen molar-refractivity contribution in [3.63, 3.8) is 0 Å². The lowest BCUT2D eigenvalue weighted by atomic mass is 9.99. The second kappa shape index (κ2) is 8.93. The Kier molecular flexibility index (Phi) is 6.62. The SMILES string of the molecule is CCN(C(=O)[C@H](c1ccc(F)cc1)N1CCOCC1)C1CCN(C)CC1. The zero-order valence-corrected chi connectivity index (χ0v) is 15.9. The third kappa shape index (κ3) is 4.42. The van der Waals surface area contributed by atoms with Gasteiger partial charge in [0.1, 0.15) is 11.9 Å². The highest BCUT2D eigenvalue weighted by molar-refractivity contribution is 5.83. The molecule has 26 heavy (non-hydrogen) atoms. The minimum Gasteiger partial charge on any atom is -0.379 e. The topological polar surface area (TPSA) is 36.0 Å². The van der Waals surface area contributed by atoms with Gasteiger partial charge in [-0.25, -0.2) is 4.39 Å². The average Bonchev–Trinajstić information content (AvgIpc) is 2.66. The quantitative estimate of drug-likeness (QED) is 0.803. The summed E-state index contributed by atoms with van der Waals surface area (Å²) >= 11 is 0. The Morgan fingerprint density at radius 3 is 2.38 bits per heavy atom. The van der Waals surface area contributed by atoms with Crippen LogP contribution in [0.15, 0.2) is 24.3 Å². The van der Waals surface area contributed by atoms with Gasteiger partial charge in [0.15, 0.2) is 0 Å². The van der Waals surface area contributed by atoms with Crippen LogP contribution in [0.5, 0.6) is 0 Å². The molecule has 1 aromatic rings. The predicted molar refractivity (Wildman–Crippen MR) is 99.4 cm³/mol. The minimum atomic E-state index is -0.362. The van der Waals surface area contributed by atoms with E-state index in [4.69, 9.17) is 4.74 Å². The van der Waals surface area contributed by atoms with Gasteiger partial charge in [-0.3, -0.25) is 9.69 Å². The summed E-state index contributed by atoms with van der Waals surface area (Å²) in [5.41, 5.74) is 0.865. The number of hydrogen-bond donors (Lipinski definition) is 0. The molecule has 0 N–H and O–H groups in total. The maximum absolute atomic E-state index is 13.6. The molecule has 144 valence electrons. The summed E-state index contributed by atoms with van der Waals surface area (Å²) in [5.74, 6) is -0.139. The molecule has 0 radical (unpaired) electrons. The number of likely N-dealkylation sites (N-methyl/N-ethyl adjacent to an activating group) is 1. The summed E-state index contributed by atoms with van der Waals surface area (Å²) in [4.78, 5) is 20.1. The van der Waals surface area contributed by atoms with Gasteiger partial charge >= 0.3 is 0 Å². The average molecular weight is 363 g/mol. The van der Waals surface area contributed by atoms with Gasteiger partial charge in [0, 0.05) is 25.7 Å². The highest BCUT2D eigenvalue weighted by Crippen LogP contribution is 2.27. The number of likely N-dealkylation sites (tertiary alicyclic amines) is 1. The predicted octanol–water partition coefficient (Wildman–Crippen LogP) is 2.14. The molecule has 0 saturated carbocycles. The molecule has 3 rings (SSSR count). The molecule has 2 aliphatic heterocycles. The van der Waals surface area contributed by atoms with Crippen molar-refractivity contribution in [2.75, 3.05) is 53.0 Å². The molecule has 0 bridgehead atoms. The number of ether oxygens (including phenoxy) is 1. The number of amides is 1. The standard InChI is InChI=1S/C20H30FN3O2/c1-3-24(18-8-10-22(2)11-9-18)20(25)19(23-12-14-26-15-13-23)16-4-6-17(21)7-5-16/h4-7,18-19H,3,8-15H2,1-2H3/t19-/m0/s1. The van der Waals surface area contributed by atoms with Crippen LogP contribution in [-0.4, -0.2) is 79.6 Å². The first kappa shape index (κ1) is 19.3. The van der Waals surface area contributed by atoms with Gasteiger partial charge in [-0.2, -0.15) is 0 Å². The molecule has 2 aliphatic rings. The lowest BCUT2D eigenvalue weighted by molar-refractivity contribution is -0.142. The number of morpholine rings is 1. The molecule has 0 aromatic heterocycles. The largest absolute Gasteiger partial charge is 0.379 e. The van der Waals surface area contributed by atoms with Crippen molar-refractivity contribution < 1.29 is 13.9 Å². The number of piperidine rings is 1. The van der Waals surface area contributed by atoms with Gasteiger partial charge < -0.3 is 14.5 Å². The number of carbonyl (C=O) groups is 1. The Balaban J connectivity index is 1.83. The monoisotopic (exact) mass is 363 g/mol. The molecule has 1 atom stereocenters. The van der Waals surface area contributed by atoms with Crippen LogP contribution >= 0.6 is 0 Å². The Labute approximate surface area is 155 Å². The van der Waals surface area contributed by atoms with E-state index in [9.17, 15) is 9.18 Å². The third-order valence-electron chi connectivity index (χ3n) is 5.58. The van der Waals surface area contributed by atoms with Crippen molar-refractivity contribution in [3.05, 3.63) is 35.6 Å². The van der Waals surface area contributed by atoms with Gasteiger partial charge in [0.05, 0.1) is 13.2 Å². The molecule has 5 nitrogen and oxygen atoms in total. The molecule has 0 spiro atoms. The summed E-state index contributed by atoms with van der Waals surface area (Å²) in [6.45, 7) is 7.50. The van der Waals surface area contributed by atoms with Gasteiger partial charge in [-0.15, -0.1) is 0 Å². The zero-order valence-electron chi connectivity index (χ0n) is 15.9. The summed E-state index contributed by atoms with van der Waals surface area (Å²) in [6, 6.07) is 6.31. The van der Waals surface area contributed by atoms with Crippen molar-refractivity contribution in [1.82, 2.24) is 14.7 Å². The first-order valence-electron chi connectivity index (χ1n) is 9.66. The van der Waals surface area contributed by atoms with E-state index in [1.807, 2.05) is 4.90 Å². The Morgan fingerprint density at radius 2 is 1.81 bits per heavy atom. The van der Waals surface area contributed by atoms with Crippen LogP contribution in [0.4, 0.5) is 4.39 Å². The second-order valence-electron chi connectivity index (χ2n) is 7.26. The maximum Gasteiger partial charge on any atom is 0.244 e. The molecule has 0 aliphatic carbocycles. The summed E-state index contributed by atoms with van der Waals surface area (Å²) in [5, 5.41) is 0. The summed E-state index contributed by atoms with van der Waals surface area (Å²) in [6.07, 6.45) is 2.02. The Morgan fingerprint density at radius 1 is 1.19 bits per heavy atom. The van der Waals surface area contributed by atoms with Crippen LogP contribution in [0.3, 0.4) is 0 Å². The molecule has 2 saturated heterocycles. The fraction of sp³-hybridized carbons (Fsp3) is 0.650. The van der Waals surface area contributed by atoms with Crippen LogP contribution in [0.1, 0.15) is 31.4 Å². The van der Waals surface area contributed by atoms with Gasteiger partial charge in [0.25, 0.3) is 0 Å². The smallest absolute Gasteiger partial charge is 0.244 e.